The lowest BCUT2D eigenvalue weighted by Crippen LogP contribution is -2.25. The summed E-state index contributed by atoms with van der Waals surface area (Å²) in [7, 11) is 2.06. The molecule has 0 aliphatic carbocycles. The molecule has 0 N–H and O–H groups in total. The van der Waals surface area contributed by atoms with Gasteiger partial charge in [0.1, 0.15) is 0 Å². The quantitative estimate of drug-likeness (QED) is 0.338. The van der Waals surface area contributed by atoms with Crippen molar-refractivity contribution in [2.45, 2.75) is 26.6 Å². The molecule has 0 amide bonds. The summed E-state index contributed by atoms with van der Waals surface area (Å²) in [5.41, 5.74) is 2.47. The van der Waals surface area contributed by atoms with Gasteiger partial charge in [0.15, 0.2) is 0 Å². The van der Waals surface area contributed by atoms with Crippen LogP contribution >= 0.6 is 23.6 Å². The number of benzene rings is 2. The number of hydrogen-bond donors (Lipinski definition) is 0. The van der Waals surface area contributed by atoms with Crippen molar-refractivity contribution in [1.29, 1.82) is 0 Å². The van der Waals surface area contributed by atoms with Gasteiger partial charge in [-0.3, -0.25) is 14.1 Å². The molecule has 32 heavy (non-hydrogen) atoms. The van der Waals surface area contributed by atoms with E-state index in [-0.39, 0.29) is 11.6 Å². The highest BCUT2D eigenvalue weighted by Gasteiger charge is 2.20. The number of rotatable bonds is 5. The van der Waals surface area contributed by atoms with Crippen LogP contribution in [0.2, 0.25) is 0 Å². The van der Waals surface area contributed by atoms with Crippen molar-refractivity contribution < 1.29 is 0 Å². The third-order valence-corrected chi connectivity index (χ3v) is 7.37. The average Bonchev–Trinajstić information content (AvgIpc) is 3.44. The van der Waals surface area contributed by atoms with Crippen LogP contribution < -0.4 is 5.56 Å². The van der Waals surface area contributed by atoms with Gasteiger partial charge in [0.2, 0.25) is 10.5 Å². The van der Waals surface area contributed by atoms with Crippen LogP contribution in [-0.4, -0.2) is 30.7 Å². The zero-order valence-corrected chi connectivity index (χ0v) is 19.7. The third-order valence-electron chi connectivity index (χ3n) is 5.93. The normalized spacial score (nSPS) is 12.8. The molecule has 0 aliphatic rings. The molecule has 0 bridgehead atoms. The molecule has 1 unspecified atom stereocenters. The lowest BCUT2D eigenvalue weighted by molar-refractivity contribution is 0.197. The predicted octanol–water partition coefficient (Wildman–Crippen LogP) is 5.19. The van der Waals surface area contributed by atoms with Crippen LogP contribution in [0, 0.1) is 11.7 Å². The van der Waals surface area contributed by atoms with E-state index in [1.807, 2.05) is 59.9 Å². The summed E-state index contributed by atoms with van der Waals surface area (Å²) < 4.78 is 5.94. The summed E-state index contributed by atoms with van der Waals surface area (Å²) in [5, 5.41) is 7.54. The third kappa shape index (κ3) is 3.31. The van der Waals surface area contributed by atoms with Crippen LogP contribution in [0.15, 0.2) is 70.8 Å². The second-order valence-electron chi connectivity index (χ2n) is 7.95. The molecule has 1 atom stereocenters. The van der Waals surface area contributed by atoms with Gasteiger partial charge >= 0.3 is 0 Å². The SMILES string of the molecule is Cc1ccccc1-n1c(=O)c2ccccc2n2c(=S)n(CN(C)C(C)c3cccs3)nc12. The maximum atomic E-state index is 13.6. The minimum atomic E-state index is -0.102. The molecule has 0 saturated heterocycles. The maximum Gasteiger partial charge on any atom is 0.267 e. The van der Waals surface area contributed by atoms with Crippen molar-refractivity contribution in [1.82, 2.24) is 23.6 Å². The predicted molar refractivity (Wildman–Crippen MR) is 132 cm³/mol. The lowest BCUT2D eigenvalue weighted by Gasteiger charge is -2.23. The van der Waals surface area contributed by atoms with Crippen LogP contribution in [-0.2, 0) is 6.67 Å². The number of nitrogens with zero attached hydrogens (tertiary/aromatic N) is 5. The summed E-state index contributed by atoms with van der Waals surface area (Å²) in [4.78, 5) is 17.0. The van der Waals surface area contributed by atoms with Crippen LogP contribution in [0.25, 0.3) is 22.4 Å². The van der Waals surface area contributed by atoms with E-state index in [0.717, 1.165) is 16.8 Å². The van der Waals surface area contributed by atoms with Crippen LogP contribution in [0.3, 0.4) is 0 Å². The highest BCUT2D eigenvalue weighted by molar-refractivity contribution is 7.71. The van der Waals surface area contributed by atoms with Crippen molar-refractivity contribution >= 4 is 40.2 Å². The smallest absolute Gasteiger partial charge is 0.267 e. The lowest BCUT2D eigenvalue weighted by atomic mass is 10.2. The Hall–Kier alpha value is -3.07. The van der Waals surface area contributed by atoms with Gasteiger partial charge in [0.05, 0.1) is 23.3 Å². The van der Waals surface area contributed by atoms with Crippen molar-refractivity contribution in [3.05, 3.63) is 91.6 Å². The Labute approximate surface area is 194 Å². The Kier molecular flexibility index (Phi) is 5.28. The van der Waals surface area contributed by atoms with Gasteiger partial charge < -0.3 is 0 Å². The highest BCUT2D eigenvalue weighted by Crippen LogP contribution is 2.24. The number of para-hydroxylation sites is 2. The first-order chi connectivity index (χ1) is 15.5. The van der Waals surface area contributed by atoms with E-state index in [2.05, 4.69) is 36.4 Å². The van der Waals surface area contributed by atoms with Crippen molar-refractivity contribution in [2.24, 2.45) is 0 Å². The molecule has 5 rings (SSSR count). The Morgan fingerprint density at radius 1 is 1.09 bits per heavy atom. The monoisotopic (exact) mass is 461 g/mol. The molecule has 162 valence electrons. The van der Waals surface area contributed by atoms with Crippen LogP contribution in [0.1, 0.15) is 23.4 Å². The molecule has 6 nitrogen and oxygen atoms in total. The van der Waals surface area contributed by atoms with Gasteiger partial charge in [-0.25, -0.2) is 9.25 Å². The van der Waals surface area contributed by atoms with E-state index >= 15 is 0 Å². The van der Waals surface area contributed by atoms with Gasteiger partial charge in [-0.2, -0.15) is 0 Å². The molecule has 5 aromatic rings. The minimum absolute atomic E-state index is 0.102. The zero-order chi connectivity index (χ0) is 22.4. The topological polar surface area (TPSA) is 47.5 Å². The Morgan fingerprint density at radius 3 is 2.59 bits per heavy atom. The summed E-state index contributed by atoms with van der Waals surface area (Å²) in [5.74, 6) is 0.519. The number of aryl methyl sites for hydroxylation is 1. The van der Waals surface area contributed by atoms with E-state index in [9.17, 15) is 4.79 Å². The molecular formula is C24H23N5OS2. The molecule has 2 aromatic carbocycles. The standard InChI is InChI=1S/C24H23N5OS2/c1-16-9-4-6-11-19(16)28-22(30)18-10-5-7-12-20(18)29-23(28)25-27(24(29)31)15-26(3)17(2)21-13-8-14-32-21/h4-14,17H,15H2,1-3H3. The molecule has 3 heterocycles. The zero-order valence-electron chi connectivity index (χ0n) is 18.1. The molecule has 0 spiro atoms. The first kappa shape index (κ1) is 20.8. The second-order valence-corrected chi connectivity index (χ2v) is 9.30. The molecule has 0 fully saturated rings. The van der Waals surface area contributed by atoms with E-state index < -0.39 is 0 Å². The number of fused-ring (bicyclic) bond motifs is 3. The van der Waals surface area contributed by atoms with Gasteiger partial charge in [0, 0.05) is 10.9 Å². The molecule has 0 aliphatic heterocycles. The molecule has 3 aromatic heterocycles. The fourth-order valence-electron chi connectivity index (χ4n) is 4.02. The molecule has 0 saturated carbocycles. The Balaban J connectivity index is 1.75. The number of thiophene rings is 1. The average molecular weight is 462 g/mol. The first-order valence-electron chi connectivity index (χ1n) is 10.4. The van der Waals surface area contributed by atoms with Gasteiger partial charge in [-0.05, 0) is 68.3 Å². The van der Waals surface area contributed by atoms with Crippen molar-refractivity contribution in [2.75, 3.05) is 7.05 Å². The molecular weight excluding hydrogens is 438 g/mol. The fourth-order valence-corrected chi connectivity index (χ4v) is 5.14. The van der Waals surface area contributed by atoms with E-state index in [0.29, 0.717) is 22.6 Å². The molecule has 8 heteroatoms. The van der Waals surface area contributed by atoms with Gasteiger partial charge in [-0.1, -0.05) is 36.4 Å². The van der Waals surface area contributed by atoms with Gasteiger partial charge in [0.25, 0.3) is 5.56 Å². The van der Waals surface area contributed by atoms with E-state index in [1.165, 1.54) is 4.88 Å². The minimum Gasteiger partial charge on any atom is -0.280 e. The van der Waals surface area contributed by atoms with Crippen molar-refractivity contribution in [3.63, 3.8) is 0 Å². The second kappa shape index (κ2) is 8.12. The first-order valence-corrected chi connectivity index (χ1v) is 11.7. The number of aromatic nitrogens is 4. The summed E-state index contributed by atoms with van der Waals surface area (Å²) >= 11 is 7.61. The molecule has 0 radical (unpaired) electrons. The number of hydrogen-bond acceptors (Lipinski definition) is 5. The van der Waals surface area contributed by atoms with Gasteiger partial charge in [-0.15, -0.1) is 16.4 Å². The Morgan fingerprint density at radius 2 is 1.84 bits per heavy atom. The summed E-state index contributed by atoms with van der Waals surface area (Å²) in [6.07, 6.45) is 0. The van der Waals surface area contributed by atoms with E-state index in [1.54, 1.807) is 20.6 Å². The van der Waals surface area contributed by atoms with Crippen molar-refractivity contribution in [3.8, 4) is 5.69 Å². The summed E-state index contributed by atoms with van der Waals surface area (Å²) in [6.45, 7) is 4.68. The maximum absolute atomic E-state index is 13.6. The highest BCUT2D eigenvalue weighted by atomic mass is 32.1. The Bertz CT molecular complexity index is 1540. The van der Waals surface area contributed by atoms with Crippen LogP contribution in [0.5, 0.6) is 0 Å². The summed E-state index contributed by atoms with van der Waals surface area (Å²) in [6, 6.07) is 19.8. The van der Waals surface area contributed by atoms with Crippen LogP contribution in [0.4, 0.5) is 0 Å². The fraction of sp³-hybridized carbons (Fsp3) is 0.208. The largest absolute Gasteiger partial charge is 0.280 e. The van der Waals surface area contributed by atoms with E-state index in [4.69, 9.17) is 17.3 Å².